The van der Waals surface area contributed by atoms with Crippen molar-refractivity contribution < 1.29 is 9.31 Å². The van der Waals surface area contributed by atoms with Gasteiger partial charge in [0.25, 0.3) is 0 Å². The van der Waals surface area contributed by atoms with Gasteiger partial charge in [0.15, 0.2) is 4.47 Å². The summed E-state index contributed by atoms with van der Waals surface area (Å²) in [6.45, 7) is 2.11. The number of aromatic nitrogens is 1. The SMILES string of the molecule is Cc1cc([N+](=O)[O-])c(F)cc1NCc1cnc(Cl)s1. The molecule has 8 heteroatoms. The summed E-state index contributed by atoms with van der Waals surface area (Å²) >= 11 is 7.01. The molecule has 1 N–H and O–H groups in total. The Morgan fingerprint density at radius 3 is 2.89 bits per heavy atom. The Morgan fingerprint density at radius 2 is 2.32 bits per heavy atom. The van der Waals surface area contributed by atoms with Crippen molar-refractivity contribution in [1.82, 2.24) is 4.98 Å². The average Bonchev–Trinajstić information content (AvgIpc) is 2.75. The highest BCUT2D eigenvalue weighted by molar-refractivity contribution is 7.15. The number of rotatable bonds is 4. The van der Waals surface area contributed by atoms with E-state index >= 15 is 0 Å². The predicted octanol–water partition coefficient (Wildman–Crippen LogP) is 3.76. The van der Waals surface area contributed by atoms with Gasteiger partial charge in [-0.3, -0.25) is 10.1 Å². The van der Waals surface area contributed by atoms with Crippen LogP contribution in [-0.2, 0) is 6.54 Å². The Labute approximate surface area is 117 Å². The summed E-state index contributed by atoms with van der Waals surface area (Å²) in [5.41, 5.74) is 0.584. The van der Waals surface area contributed by atoms with Crippen LogP contribution >= 0.6 is 22.9 Å². The molecule has 1 aromatic carbocycles. The van der Waals surface area contributed by atoms with E-state index in [0.717, 1.165) is 10.9 Å². The number of halogens is 2. The number of benzene rings is 1. The molecule has 0 bridgehead atoms. The molecule has 1 heterocycles. The molecule has 19 heavy (non-hydrogen) atoms. The van der Waals surface area contributed by atoms with Crippen molar-refractivity contribution in [3.8, 4) is 0 Å². The number of thiazole rings is 1. The van der Waals surface area contributed by atoms with Crippen LogP contribution in [0.2, 0.25) is 4.47 Å². The van der Waals surface area contributed by atoms with Gasteiger partial charge in [-0.05, 0) is 12.5 Å². The molecule has 0 saturated carbocycles. The molecule has 2 aromatic rings. The van der Waals surface area contributed by atoms with Crippen LogP contribution in [-0.4, -0.2) is 9.91 Å². The van der Waals surface area contributed by atoms with Gasteiger partial charge in [-0.1, -0.05) is 11.6 Å². The Kier molecular flexibility index (Phi) is 3.96. The molecule has 0 aliphatic rings. The second-order valence-corrected chi connectivity index (χ2v) is 5.51. The van der Waals surface area contributed by atoms with E-state index < -0.39 is 16.4 Å². The van der Waals surface area contributed by atoms with Gasteiger partial charge in [0.2, 0.25) is 5.82 Å². The summed E-state index contributed by atoms with van der Waals surface area (Å²) in [6.07, 6.45) is 1.62. The van der Waals surface area contributed by atoms with Gasteiger partial charge in [0.1, 0.15) is 0 Å². The molecule has 0 amide bonds. The number of anilines is 1. The number of nitro groups is 1. The molecule has 100 valence electrons. The second kappa shape index (κ2) is 5.50. The van der Waals surface area contributed by atoms with Gasteiger partial charge in [-0.25, -0.2) is 4.98 Å². The molecule has 0 spiro atoms. The Morgan fingerprint density at radius 1 is 1.58 bits per heavy atom. The first kappa shape index (κ1) is 13.7. The monoisotopic (exact) mass is 301 g/mol. The molecule has 0 aliphatic carbocycles. The van der Waals surface area contributed by atoms with E-state index in [1.54, 1.807) is 13.1 Å². The minimum atomic E-state index is -0.861. The molecule has 0 unspecified atom stereocenters. The molecule has 0 aliphatic heterocycles. The Bertz CT molecular complexity index is 632. The van der Waals surface area contributed by atoms with Crippen LogP contribution in [0, 0.1) is 22.9 Å². The summed E-state index contributed by atoms with van der Waals surface area (Å²) in [6, 6.07) is 2.33. The minimum absolute atomic E-state index is 0.433. The lowest BCUT2D eigenvalue weighted by molar-refractivity contribution is -0.387. The lowest BCUT2D eigenvalue weighted by atomic mass is 10.1. The van der Waals surface area contributed by atoms with Gasteiger partial charge in [-0.15, -0.1) is 11.3 Å². The maximum absolute atomic E-state index is 13.5. The number of nitrogens with one attached hydrogen (secondary N) is 1. The van der Waals surface area contributed by atoms with Crippen LogP contribution in [0.4, 0.5) is 15.8 Å². The van der Waals surface area contributed by atoms with Gasteiger partial charge in [-0.2, -0.15) is 4.39 Å². The van der Waals surface area contributed by atoms with Gasteiger partial charge in [0, 0.05) is 28.9 Å². The number of hydrogen-bond acceptors (Lipinski definition) is 5. The maximum atomic E-state index is 13.5. The van der Waals surface area contributed by atoms with Crippen molar-refractivity contribution in [2.45, 2.75) is 13.5 Å². The van der Waals surface area contributed by atoms with Crippen molar-refractivity contribution >= 4 is 34.3 Å². The van der Waals surface area contributed by atoms with E-state index in [1.165, 1.54) is 17.4 Å². The fourth-order valence-corrected chi connectivity index (χ4v) is 2.46. The minimum Gasteiger partial charge on any atom is -0.380 e. The highest BCUT2D eigenvalue weighted by Crippen LogP contribution is 2.26. The first-order valence-corrected chi connectivity index (χ1v) is 6.45. The normalized spacial score (nSPS) is 10.5. The summed E-state index contributed by atoms with van der Waals surface area (Å²) in [4.78, 5) is 14.6. The second-order valence-electron chi connectivity index (χ2n) is 3.81. The van der Waals surface area contributed by atoms with Gasteiger partial charge >= 0.3 is 5.69 Å². The van der Waals surface area contributed by atoms with E-state index in [0.29, 0.717) is 22.3 Å². The molecular weight excluding hydrogens is 293 g/mol. The first-order chi connectivity index (χ1) is 8.97. The molecule has 0 saturated heterocycles. The van der Waals surface area contributed by atoms with Crippen molar-refractivity contribution in [2.75, 3.05) is 5.32 Å². The first-order valence-electron chi connectivity index (χ1n) is 5.26. The highest BCUT2D eigenvalue weighted by atomic mass is 35.5. The third-order valence-corrected chi connectivity index (χ3v) is 3.58. The topological polar surface area (TPSA) is 68.1 Å². The predicted molar refractivity (Wildman–Crippen MR) is 72.2 cm³/mol. The fourth-order valence-electron chi connectivity index (χ4n) is 1.54. The highest BCUT2D eigenvalue weighted by Gasteiger charge is 2.16. The van der Waals surface area contributed by atoms with Crippen LogP contribution in [0.1, 0.15) is 10.4 Å². The number of nitrogens with zero attached hydrogens (tertiary/aromatic N) is 2. The lowest BCUT2D eigenvalue weighted by Crippen LogP contribution is -2.02. The lowest BCUT2D eigenvalue weighted by Gasteiger charge is -2.08. The molecule has 1 aromatic heterocycles. The Hall–Kier alpha value is -1.73. The van der Waals surface area contributed by atoms with E-state index in [4.69, 9.17) is 11.6 Å². The third kappa shape index (κ3) is 3.18. The molecule has 0 atom stereocenters. The molecule has 0 fully saturated rings. The zero-order chi connectivity index (χ0) is 14.0. The summed E-state index contributed by atoms with van der Waals surface area (Å²) in [5, 5.41) is 13.6. The van der Waals surface area contributed by atoms with Crippen molar-refractivity contribution in [3.63, 3.8) is 0 Å². The van der Waals surface area contributed by atoms with Gasteiger partial charge in [0.05, 0.1) is 11.5 Å². The van der Waals surface area contributed by atoms with Crippen LogP contribution in [0.3, 0.4) is 0 Å². The fraction of sp³-hybridized carbons (Fsp3) is 0.182. The maximum Gasteiger partial charge on any atom is 0.305 e. The van der Waals surface area contributed by atoms with Crippen molar-refractivity contribution in [2.24, 2.45) is 0 Å². The van der Waals surface area contributed by atoms with Crippen LogP contribution < -0.4 is 5.32 Å². The Balaban J connectivity index is 2.17. The standard InChI is InChI=1S/C11H9ClFN3O2S/c1-6-2-10(16(17)18)8(13)3-9(6)14-4-7-5-15-11(12)19-7/h2-3,5,14H,4H2,1H3. The van der Waals surface area contributed by atoms with E-state index in [2.05, 4.69) is 10.3 Å². The smallest absolute Gasteiger partial charge is 0.305 e. The van der Waals surface area contributed by atoms with Gasteiger partial charge < -0.3 is 5.32 Å². The largest absolute Gasteiger partial charge is 0.380 e. The quantitative estimate of drug-likeness (QED) is 0.689. The molecular formula is C11H9ClFN3O2S. The third-order valence-electron chi connectivity index (χ3n) is 2.47. The number of nitro benzene ring substituents is 1. The number of aryl methyl sites for hydroxylation is 1. The zero-order valence-electron chi connectivity index (χ0n) is 9.81. The molecule has 5 nitrogen and oxygen atoms in total. The average molecular weight is 302 g/mol. The van der Waals surface area contributed by atoms with Crippen molar-refractivity contribution in [1.29, 1.82) is 0 Å². The zero-order valence-corrected chi connectivity index (χ0v) is 11.4. The van der Waals surface area contributed by atoms with E-state index in [9.17, 15) is 14.5 Å². The van der Waals surface area contributed by atoms with E-state index in [1.807, 2.05) is 0 Å². The molecule has 0 radical (unpaired) electrons. The summed E-state index contributed by atoms with van der Waals surface area (Å²) in [5.74, 6) is -0.861. The van der Waals surface area contributed by atoms with Crippen LogP contribution in [0.25, 0.3) is 0 Å². The number of hydrogen-bond donors (Lipinski definition) is 1. The van der Waals surface area contributed by atoms with Crippen LogP contribution in [0.15, 0.2) is 18.3 Å². The summed E-state index contributed by atoms with van der Waals surface area (Å²) < 4.78 is 13.9. The van der Waals surface area contributed by atoms with E-state index in [-0.39, 0.29) is 0 Å². The summed E-state index contributed by atoms with van der Waals surface area (Å²) in [7, 11) is 0. The van der Waals surface area contributed by atoms with Crippen LogP contribution in [0.5, 0.6) is 0 Å². The molecule has 2 rings (SSSR count). The van der Waals surface area contributed by atoms with Crippen molar-refractivity contribution in [3.05, 3.63) is 49.2 Å².